The van der Waals surface area contributed by atoms with Crippen LogP contribution in [0.15, 0.2) is 36.8 Å². The number of hydrogen-bond acceptors (Lipinski definition) is 5. The molecule has 0 fully saturated rings. The predicted molar refractivity (Wildman–Crippen MR) is 72.6 cm³/mol. The third kappa shape index (κ3) is 2.24. The molecule has 0 unspecified atom stereocenters. The maximum absolute atomic E-state index is 4.52. The van der Waals surface area contributed by atoms with E-state index < -0.39 is 0 Å². The third-order valence-corrected chi connectivity index (χ3v) is 2.95. The molecule has 3 rings (SSSR count). The van der Waals surface area contributed by atoms with Gasteiger partial charge in [0.15, 0.2) is 5.82 Å². The first kappa shape index (κ1) is 11.6. The van der Waals surface area contributed by atoms with Crippen molar-refractivity contribution in [2.75, 3.05) is 5.32 Å². The number of anilines is 1. The Balaban J connectivity index is 1.87. The van der Waals surface area contributed by atoms with Gasteiger partial charge in [0.25, 0.3) is 0 Å². The maximum atomic E-state index is 4.52. The van der Waals surface area contributed by atoms with Crippen LogP contribution >= 0.6 is 0 Å². The van der Waals surface area contributed by atoms with Gasteiger partial charge in [-0.3, -0.25) is 4.98 Å². The summed E-state index contributed by atoms with van der Waals surface area (Å²) in [6.07, 6.45) is 3.41. The van der Waals surface area contributed by atoms with Crippen molar-refractivity contribution in [1.82, 2.24) is 24.7 Å². The number of hydrogen-bond donors (Lipinski definition) is 1. The van der Waals surface area contributed by atoms with Gasteiger partial charge in [-0.15, -0.1) is 10.2 Å². The average molecular weight is 254 g/mol. The zero-order valence-electron chi connectivity index (χ0n) is 10.8. The number of nitrogens with one attached hydrogen (secondary N) is 1. The monoisotopic (exact) mass is 254 g/mol. The van der Waals surface area contributed by atoms with Crippen LogP contribution in [0.3, 0.4) is 0 Å². The van der Waals surface area contributed by atoms with E-state index in [0.717, 1.165) is 22.7 Å². The number of aryl methyl sites for hydroxylation is 1. The molecule has 1 atom stereocenters. The van der Waals surface area contributed by atoms with Crippen molar-refractivity contribution in [3.63, 3.8) is 0 Å². The number of fused-ring (bicyclic) bond motifs is 1. The maximum Gasteiger partial charge on any atom is 0.154 e. The summed E-state index contributed by atoms with van der Waals surface area (Å²) in [7, 11) is 1.92. The second-order valence-electron chi connectivity index (χ2n) is 4.41. The Morgan fingerprint density at radius 3 is 2.74 bits per heavy atom. The van der Waals surface area contributed by atoms with E-state index in [0.29, 0.717) is 0 Å². The lowest BCUT2D eigenvalue weighted by atomic mass is 10.3. The summed E-state index contributed by atoms with van der Waals surface area (Å²) in [5.74, 6) is 1.59. The molecule has 6 heteroatoms. The largest absolute Gasteiger partial charge is 0.359 e. The zero-order chi connectivity index (χ0) is 13.2. The third-order valence-electron chi connectivity index (χ3n) is 2.95. The van der Waals surface area contributed by atoms with E-state index in [2.05, 4.69) is 25.5 Å². The highest BCUT2D eigenvalue weighted by Crippen LogP contribution is 2.17. The van der Waals surface area contributed by atoms with Crippen LogP contribution in [0.1, 0.15) is 18.8 Å². The summed E-state index contributed by atoms with van der Waals surface area (Å²) < 4.78 is 1.88. The highest BCUT2D eigenvalue weighted by molar-refractivity contribution is 5.75. The van der Waals surface area contributed by atoms with Crippen molar-refractivity contribution in [2.45, 2.75) is 13.0 Å². The lowest BCUT2D eigenvalue weighted by Gasteiger charge is -2.13. The Labute approximate surface area is 110 Å². The number of nitrogens with zero attached hydrogens (tertiary/aromatic N) is 5. The molecule has 0 spiro atoms. The van der Waals surface area contributed by atoms with E-state index >= 15 is 0 Å². The zero-order valence-corrected chi connectivity index (χ0v) is 10.8. The lowest BCUT2D eigenvalue weighted by molar-refractivity contribution is 0.716. The molecule has 19 heavy (non-hydrogen) atoms. The van der Waals surface area contributed by atoms with Crippen LogP contribution in [-0.2, 0) is 7.05 Å². The number of aromatic nitrogens is 5. The van der Waals surface area contributed by atoms with Crippen LogP contribution in [-0.4, -0.2) is 24.7 Å². The minimum Gasteiger partial charge on any atom is -0.359 e. The second kappa shape index (κ2) is 4.64. The fourth-order valence-electron chi connectivity index (χ4n) is 2.00. The predicted octanol–water partition coefficient (Wildman–Crippen LogP) is 1.93. The molecule has 0 bridgehead atoms. The van der Waals surface area contributed by atoms with E-state index in [9.17, 15) is 0 Å². The Bertz CT molecular complexity index is 705. The molecule has 0 aliphatic rings. The van der Waals surface area contributed by atoms with Crippen molar-refractivity contribution in [2.24, 2.45) is 7.05 Å². The van der Waals surface area contributed by atoms with Crippen LogP contribution in [0, 0.1) is 0 Å². The topological polar surface area (TPSA) is 68.5 Å². The molecule has 0 aliphatic heterocycles. The van der Waals surface area contributed by atoms with Crippen LogP contribution in [0.4, 0.5) is 5.82 Å². The SMILES string of the molecule is C[C@H](Nc1cnc2ccccc2n1)c1nncn1C. The quantitative estimate of drug-likeness (QED) is 0.773. The van der Waals surface area contributed by atoms with Gasteiger partial charge in [-0.25, -0.2) is 4.98 Å². The molecule has 96 valence electrons. The average Bonchev–Trinajstić information content (AvgIpc) is 2.85. The van der Waals surface area contributed by atoms with Gasteiger partial charge >= 0.3 is 0 Å². The minimum absolute atomic E-state index is 0.0166. The molecule has 0 saturated heterocycles. The Morgan fingerprint density at radius 2 is 2.00 bits per heavy atom. The van der Waals surface area contributed by atoms with E-state index in [4.69, 9.17) is 0 Å². The fourth-order valence-corrected chi connectivity index (χ4v) is 2.00. The van der Waals surface area contributed by atoms with E-state index in [1.165, 1.54) is 0 Å². The molecule has 1 N–H and O–H groups in total. The minimum atomic E-state index is 0.0166. The van der Waals surface area contributed by atoms with Gasteiger partial charge in [-0.1, -0.05) is 12.1 Å². The summed E-state index contributed by atoms with van der Waals surface area (Å²) >= 11 is 0. The Hall–Kier alpha value is -2.50. The molecule has 0 amide bonds. The first-order valence-corrected chi connectivity index (χ1v) is 6.06. The van der Waals surface area contributed by atoms with Gasteiger partial charge in [0.2, 0.25) is 0 Å². The fraction of sp³-hybridized carbons (Fsp3) is 0.231. The Morgan fingerprint density at radius 1 is 1.21 bits per heavy atom. The molecule has 2 aromatic heterocycles. The molecule has 1 aromatic carbocycles. The van der Waals surface area contributed by atoms with Gasteiger partial charge in [0.1, 0.15) is 12.1 Å². The van der Waals surface area contributed by atoms with Crippen molar-refractivity contribution in [3.05, 3.63) is 42.6 Å². The van der Waals surface area contributed by atoms with Crippen LogP contribution < -0.4 is 5.32 Å². The lowest BCUT2D eigenvalue weighted by Crippen LogP contribution is -2.13. The first-order chi connectivity index (χ1) is 9.24. The molecule has 6 nitrogen and oxygen atoms in total. The van der Waals surface area contributed by atoms with Gasteiger partial charge < -0.3 is 9.88 Å². The summed E-state index contributed by atoms with van der Waals surface area (Å²) in [4.78, 5) is 8.89. The van der Waals surface area contributed by atoms with Gasteiger partial charge in [-0.05, 0) is 19.1 Å². The van der Waals surface area contributed by atoms with Crippen molar-refractivity contribution >= 4 is 16.9 Å². The summed E-state index contributed by atoms with van der Waals surface area (Å²) in [5, 5.41) is 11.2. The van der Waals surface area contributed by atoms with Gasteiger partial charge in [0, 0.05) is 7.05 Å². The standard InChI is InChI=1S/C13H14N6/c1-9(13-18-15-8-19(13)2)16-12-7-14-10-5-3-4-6-11(10)17-12/h3-9H,1-2H3,(H,16,17)/t9-/m0/s1. The van der Waals surface area contributed by atoms with Crippen molar-refractivity contribution in [3.8, 4) is 0 Å². The van der Waals surface area contributed by atoms with Crippen LogP contribution in [0.5, 0.6) is 0 Å². The van der Waals surface area contributed by atoms with Gasteiger partial charge in [-0.2, -0.15) is 0 Å². The van der Waals surface area contributed by atoms with Crippen molar-refractivity contribution < 1.29 is 0 Å². The normalized spacial score (nSPS) is 12.5. The van der Waals surface area contributed by atoms with Crippen LogP contribution in [0.2, 0.25) is 0 Å². The van der Waals surface area contributed by atoms with Crippen molar-refractivity contribution in [1.29, 1.82) is 0 Å². The molecule has 0 radical (unpaired) electrons. The smallest absolute Gasteiger partial charge is 0.154 e. The molecular weight excluding hydrogens is 240 g/mol. The molecular formula is C13H14N6. The van der Waals surface area contributed by atoms with E-state index in [-0.39, 0.29) is 6.04 Å². The summed E-state index contributed by atoms with van der Waals surface area (Å²) in [5.41, 5.74) is 1.76. The van der Waals surface area contributed by atoms with E-state index in [1.54, 1.807) is 12.5 Å². The Kier molecular flexibility index (Phi) is 2.83. The van der Waals surface area contributed by atoms with Gasteiger partial charge in [0.05, 0.1) is 23.3 Å². The highest BCUT2D eigenvalue weighted by Gasteiger charge is 2.11. The number of rotatable bonds is 3. The second-order valence-corrected chi connectivity index (χ2v) is 4.41. The molecule has 0 aliphatic carbocycles. The first-order valence-electron chi connectivity index (χ1n) is 6.06. The van der Waals surface area contributed by atoms with E-state index in [1.807, 2.05) is 42.8 Å². The number of para-hydroxylation sites is 2. The highest BCUT2D eigenvalue weighted by atomic mass is 15.3. The molecule has 3 aromatic rings. The van der Waals surface area contributed by atoms with Crippen LogP contribution in [0.25, 0.3) is 11.0 Å². The molecule has 0 saturated carbocycles. The summed E-state index contributed by atoms with van der Waals surface area (Å²) in [6.45, 7) is 2.01. The summed E-state index contributed by atoms with van der Waals surface area (Å²) in [6, 6.07) is 7.81. The molecule has 2 heterocycles. The number of benzene rings is 1.